The molecule has 116 valence electrons. The lowest BCUT2D eigenvalue weighted by molar-refractivity contribution is 0.528. The van der Waals surface area contributed by atoms with Gasteiger partial charge in [0.25, 0.3) is 5.56 Å². The van der Waals surface area contributed by atoms with Crippen LogP contribution < -0.4 is 15.8 Å². The molecule has 1 saturated heterocycles. The van der Waals surface area contributed by atoms with Gasteiger partial charge in [-0.15, -0.1) is 0 Å². The smallest absolute Gasteiger partial charge is 0.287 e. The average molecular weight is 319 g/mol. The van der Waals surface area contributed by atoms with E-state index in [0.29, 0.717) is 6.04 Å². The van der Waals surface area contributed by atoms with Gasteiger partial charge in [0.2, 0.25) is 0 Å². The van der Waals surface area contributed by atoms with Crippen molar-refractivity contribution in [2.45, 2.75) is 18.9 Å². The number of aromatic nitrogens is 2. The van der Waals surface area contributed by atoms with Gasteiger partial charge in [0, 0.05) is 31.9 Å². The lowest BCUT2D eigenvalue weighted by atomic mass is 10.0. The van der Waals surface area contributed by atoms with E-state index in [1.165, 1.54) is 4.68 Å². The highest BCUT2D eigenvalue weighted by molar-refractivity contribution is 6.33. The van der Waals surface area contributed by atoms with Crippen molar-refractivity contribution in [2.24, 2.45) is 7.05 Å². The van der Waals surface area contributed by atoms with E-state index in [9.17, 15) is 4.79 Å². The fraction of sp³-hybridized carbons (Fsp3) is 0.375. The number of hydrogen-bond donors (Lipinski definition) is 1. The number of aryl methyl sites for hydroxylation is 1. The maximum atomic E-state index is 11.9. The molecule has 2 heterocycles. The molecular weight excluding hydrogens is 300 g/mol. The lowest BCUT2D eigenvalue weighted by Crippen LogP contribution is -2.43. The van der Waals surface area contributed by atoms with Gasteiger partial charge in [-0.3, -0.25) is 4.79 Å². The number of para-hydroxylation sites is 1. The van der Waals surface area contributed by atoms with E-state index in [-0.39, 0.29) is 10.6 Å². The van der Waals surface area contributed by atoms with Crippen LogP contribution in [0.25, 0.3) is 0 Å². The van der Waals surface area contributed by atoms with Crippen molar-refractivity contribution in [1.82, 2.24) is 9.78 Å². The predicted octanol–water partition coefficient (Wildman–Crippen LogP) is 2.51. The maximum Gasteiger partial charge on any atom is 0.287 e. The van der Waals surface area contributed by atoms with Crippen LogP contribution >= 0.6 is 11.6 Å². The molecule has 1 fully saturated rings. The Hall–Kier alpha value is -2.01. The van der Waals surface area contributed by atoms with E-state index >= 15 is 0 Å². The molecule has 0 amide bonds. The van der Waals surface area contributed by atoms with Crippen LogP contribution in [0.1, 0.15) is 12.8 Å². The van der Waals surface area contributed by atoms with Gasteiger partial charge in [-0.05, 0) is 25.0 Å². The van der Waals surface area contributed by atoms with Gasteiger partial charge in [0.1, 0.15) is 5.02 Å². The third-order valence-electron chi connectivity index (χ3n) is 3.97. The summed E-state index contributed by atoms with van der Waals surface area (Å²) in [6.45, 7) is 1.70. The van der Waals surface area contributed by atoms with E-state index in [0.717, 1.165) is 37.3 Å². The van der Waals surface area contributed by atoms with Gasteiger partial charge < -0.3 is 10.2 Å². The Morgan fingerprint density at radius 2 is 2.09 bits per heavy atom. The van der Waals surface area contributed by atoms with E-state index < -0.39 is 0 Å². The first kappa shape index (κ1) is 14.9. The summed E-state index contributed by atoms with van der Waals surface area (Å²) in [6, 6.07) is 10.5. The number of hydrogen-bond acceptors (Lipinski definition) is 4. The van der Waals surface area contributed by atoms with Crippen molar-refractivity contribution < 1.29 is 0 Å². The average Bonchev–Trinajstić information content (AvgIpc) is 2.54. The van der Waals surface area contributed by atoms with Gasteiger partial charge in [-0.2, -0.15) is 5.10 Å². The zero-order valence-electron chi connectivity index (χ0n) is 12.5. The van der Waals surface area contributed by atoms with Crippen molar-refractivity contribution >= 4 is 23.0 Å². The summed E-state index contributed by atoms with van der Waals surface area (Å²) in [5.41, 5.74) is 1.59. The van der Waals surface area contributed by atoms with Crippen LogP contribution in [0.15, 0.2) is 41.3 Å². The van der Waals surface area contributed by atoms with Crippen molar-refractivity contribution in [3.8, 4) is 0 Å². The monoisotopic (exact) mass is 318 g/mol. The quantitative estimate of drug-likeness (QED) is 0.945. The molecule has 1 atom stereocenters. The fourth-order valence-corrected chi connectivity index (χ4v) is 3.10. The van der Waals surface area contributed by atoms with Gasteiger partial charge in [-0.25, -0.2) is 4.68 Å². The molecule has 0 spiro atoms. The van der Waals surface area contributed by atoms with E-state index in [1.807, 2.05) is 18.2 Å². The molecule has 2 aromatic rings. The molecule has 5 nitrogen and oxygen atoms in total. The molecule has 1 unspecified atom stereocenters. The Kier molecular flexibility index (Phi) is 4.34. The molecule has 0 saturated carbocycles. The second kappa shape index (κ2) is 6.40. The summed E-state index contributed by atoms with van der Waals surface area (Å²) in [7, 11) is 1.61. The Morgan fingerprint density at radius 3 is 2.86 bits per heavy atom. The SMILES string of the molecule is Cn1ncc(N2CCCC(Nc3ccccc3)C2)c(Cl)c1=O. The highest BCUT2D eigenvalue weighted by Gasteiger charge is 2.23. The number of rotatable bonds is 3. The Labute approximate surface area is 134 Å². The van der Waals surface area contributed by atoms with E-state index in [2.05, 4.69) is 27.4 Å². The number of piperidine rings is 1. The van der Waals surface area contributed by atoms with Crippen molar-refractivity contribution in [3.63, 3.8) is 0 Å². The summed E-state index contributed by atoms with van der Waals surface area (Å²) < 4.78 is 1.26. The van der Waals surface area contributed by atoms with Crippen molar-refractivity contribution in [3.05, 3.63) is 51.9 Å². The molecule has 22 heavy (non-hydrogen) atoms. The highest BCUT2D eigenvalue weighted by atomic mass is 35.5. The molecule has 1 N–H and O–H groups in total. The first-order chi connectivity index (χ1) is 10.6. The van der Waals surface area contributed by atoms with E-state index in [4.69, 9.17) is 11.6 Å². The van der Waals surface area contributed by atoms with Gasteiger partial charge in [0.15, 0.2) is 0 Å². The van der Waals surface area contributed by atoms with Crippen LogP contribution in [0.2, 0.25) is 5.02 Å². The Bertz CT molecular complexity index is 701. The van der Waals surface area contributed by atoms with Gasteiger partial charge >= 0.3 is 0 Å². The zero-order chi connectivity index (χ0) is 15.5. The molecular formula is C16H19ClN4O. The second-order valence-corrected chi connectivity index (χ2v) is 5.95. The topological polar surface area (TPSA) is 50.2 Å². The Balaban J connectivity index is 1.76. The number of halogens is 1. The lowest BCUT2D eigenvalue weighted by Gasteiger charge is -2.35. The molecule has 3 rings (SSSR count). The minimum atomic E-state index is -0.252. The standard InChI is InChI=1S/C16H19ClN4O/c1-20-16(22)15(17)14(10-18-20)21-9-5-8-13(11-21)19-12-6-3-2-4-7-12/h2-4,6-7,10,13,19H,5,8-9,11H2,1H3. The molecule has 1 aliphatic rings. The minimum absolute atomic E-state index is 0.248. The highest BCUT2D eigenvalue weighted by Crippen LogP contribution is 2.25. The van der Waals surface area contributed by atoms with E-state index in [1.54, 1.807) is 13.2 Å². The van der Waals surface area contributed by atoms with Crippen molar-refractivity contribution in [2.75, 3.05) is 23.3 Å². The number of nitrogens with zero attached hydrogens (tertiary/aromatic N) is 3. The van der Waals surface area contributed by atoms with Crippen molar-refractivity contribution in [1.29, 1.82) is 0 Å². The number of anilines is 2. The van der Waals surface area contributed by atoms with Gasteiger partial charge in [0.05, 0.1) is 11.9 Å². The molecule has 1 aromatic carbocycles. The van der Waals surface area contributed by atoms with Crippen LogP contribution in [-0.4, -0.2) is 28.9 Å². The summed E-state index contributed by atoms with van der Waals surface area (Å²) in [5.74, 6) is 0. The molecule has 0 aliphatic carbocycles. The van der Waals surface area contributed by atoms with Crippen LogP contribution in [0.3, 0.4) is 0 Å². The third kappa shape index (κ3) is 3.09. The fourth-order valence-electron chi connectivity index (χ4n) is 2.81. The van der Waals surface area contributed by atoms with Crippen LogP contribution in [0, 0.1) is 0 Å². The molecule has 0 radical (unpaired) electrons. The number of benzene rings is 1. The van der Waals surface area contributed by atoms with Crippen LogP contribution in [0.4, 0.5) is 11.4 Å². The first-order valence-corrected chi connectivity index (χ1v) is 7.81. The normalized spacial score (nSPS) is 18.3. The third-order valence-corrected chi connectivity index (χ3v) is 4.32. The summed E-state index contributed by atoms with van der Waals surface area (Å²) >= 11 is 6.20. The van der Waals surface area contributed by atoms with Crippen LogP contribution in [0.5, 0.6) is 0 Å². The van der Waals surface area contributed by atoms with Crippen LogP contribution in [-0.2, 0) is 7.05 Å². The zero-order valence-corrected chi connectivity index (χ0v) is 13.3. The first-order valence-electron chi connectivity index (χ1n) is 7.43. The Morgan fingerprint density at radius 1 is 1.32 bits per heavy atom. The second-order valence-electron chi connectivity index (χ2n) is 5.57. The predicted molar refractivity (Wildman–Crippen MR) is 89.8 cm³/mol. The molecule has 0 bridgehead atoms. The molecule has 1 aromatic heterocycles. The minimum Gasteiger partial charge on any atom is -0.381 e. The summed E-state index contributed by atoms with van der Waals surface area (Å²) in [5, 5.41) is 7.87. The summed E-state index contributed by atoms with van der Waals surface area (Å²) in [4.78, 5) is 14.1. The largest absolute Gasteiger partial charge is 0.381 e. The van der Waals surface area contributed by atoms with Gasteiger partial charge in [-0.1, -0.05) is 29.8 Å². The molecule has 6 heteroatoms. The maximum absolute atomic E-state index is 11.9. The molecule has 1 aliphatic heterocycles. The number of nitrogens with one attached hydrogen (secondary N) is 1. The summed E-state index contributed by atoms with van der Waals surface area (Å²) in [6.07, 6.45) is 3.83.